The molecule has 2 spiro atoms. The van der Waals surface area contributed by atoms with E-state index in [1.54, 1.807) is 11.1 Å². The smallest absolute Gasteiger partial charge is 0.210 e. The van der Waals surface area contributed by atoms with Crippen LogP contribution in [-0.2, 0) is 10.8 Å². The summed E-state index contributed by atoms with van der Waals surface area (Å²) in [5.74, 6) is 0.603. The third-order valence-electron chi connectivity index (χ3n) is 14.3. The summed E-state index contributed by atoms with van der Waals surface area (Å²) in [4.78, 5) is 2.51. The molecule has 0 N–H and O–H groups in total. The zero-order valence-electron chi connectivity index (χ0n) is 33.4. The van der Waals surface area contributed by atoms with Crippen molar-refractivity contribution in [2.24, 2.45) is 11.3 Å². The SMILES string of the molecule is CN1/C(=C/C=C/C2=CC(=C/C=C/C3=[N+](C)c4ccc5ccccc5c4C34CCCCC4)/CC(C(C)(C)C)C2)C2(CCCCC2)c2c1ccc1ccccc21. The summed E-state index contributed by atoms with van der Waals surface area (Å²) in [6.07, 6.45) is 32.2. The Labute approximate surface area is 324 Å². The van der Waals surface area contributed by atoms with Crippen LogP contribution < -0.4 is 4.90 Å². The number of hydrogen-bond donors (Lipinski definition) is 0. The molecule has 2 heteroatoms. The molecule has 0 amide bonds. The minimum atomic E-state index is 0.102. The van der Waals surface area contributed by atoms with E-state index in [0.29, 0.717) is 5.92 Å². The minimum absolute atomic E-state index is 0.102. The van der Waals surface area contributed by atoms with E-state index in [1.807, 2.05) is 0 Å². The normalized spacial score (nSPS) is 23.9. The second-order valence-electron chi connectivity index (χ2n) is 18.4. The van der Waals surface area contributed by atoms with Crippen LogP contribution >= 0.6 is 0 Å². The number of nitrogens with zero attached hydrogens (tertiary/aromatic N) is 2. The maximum Gasteiger partial charge on any atom is 0.210 e. The van der Waals surface area contributed by atoms with Gasteiger partial charge in [0.05, 0.1) is 5.41 Å². The summed E-state index contributed by atoms with van der Waals surface area (Å²) in [5.41, 5.74) is 12.2. The summed E-state index contributed by atoms with van der Waals surface area (Å²) >= 11 is 0. The average molecular weight is 712 g/mol. The molecule has 1 unspecified atom stereocenters. The third-order valence-corrected chi connectivity index (χ3v) is 14.3. The Hall–Kier alpha value is -4.43. The van der Waals surface area contributed by atoms with E-state index in [4.69, 9.17) is 0 Å². The maximum atomic E-state index is 2.51. The Morgan fingerprint density at radius 1 is 0.667 bits per heavy atom. The number of fused-ring (bicyclic) bond motifs is 8. The first kappa shape index (κ1) is 35.3. The number of likely N-dealkylation sites (N-methyl/N-ethyl adjacent to an activating group) is 1. The van der Waals surface area contributed by atoms with Crippen molar-refractivity contribution in [1.29, 1.82) is 0 Å². The molecule has 0 bridgehead atoms. The van der Waals surface area contributed by atoms with Crippen molar-refractivity contribution in [3.63, 3.8) is 0 Å². The van der Waals surface area contributed by atoms with Gasteiger partial charge in [0, 0.05) is 41.6 Å². The lowest BCUT2D eigenvalue weighted by atomic mass is 9.66. The van der Waals surface area contributed by atoms with E-state index in [9.17, 15) is 0 Å². The van der Waals surface area contributed by atoms with Gasteiger partial charge in [-0.15, -0.1) is 0 Å². The number of rotatable bonds is 4. The van der Waals surface area contributed by atoms with Gasteiger partial charge in [-0.1, -0.05) is 144 Å². The van der Waals surface area contributed by atoms with Crippen molar-refractivity contribution in [3.8, 4) is 0 Å². The predicted octanol–water partition coefficient (Wildman–Crippen LogP) is 13.6. The van der Waals surface area contributed by atoms with Gasteiger partial charge in [0.2, 0.25) is 5.69 Å². The summed E-state index contributed by atoms with van der Waals surface area (Å²) in [7, 11) is 4.61. The van der Waals surface area contributed by atoms with E-state index < -0.39 is 0 Å². The lowest BCUT2D eigenvalue weighted by Gasteiger charge is -2.37. The Kier molecular flexibility index (Phi) is 8.95. The number of hydrogen-bond acceptors (Lipinski definition) is 1. The molecule has 54 heavy (non-hydrogen) atoms. The molecule has 2 aliphatic heterocycles. The Morgan fingerprint density at radius 2 is 1.28 bits per heavy atom. The van der Waals surface area contributed by atoms with E-state index in [0.717, 1.165) is 12.8 Å². The van der Waals surface area contributed by atoms with Crippen LogP contribution in [0.5, 0.6) is 0 Å². The van der Waals surface area contributed by atoms with E-state index in [-0.39, 0.29) is 16.2 Å². The van der Waals surface area contributed by atoms with Gasteiger partial charge in [-0.05, 0) is 106 Å². The van der Waals surface area contributed by atoms with Crippen LogP contribution in [0.3, 0.4) is 0 Å². The molecule has 1 atom stereocenters. The summed E-state index contributed by atoms with van der Waals surface area (Å²) in [6, 6.07) is 27.5. The van der Waals surface area contributed by atoms with E-state index >= 15 is 0 Å². The Bertz CT molecular complexity index is 2300. The highest BCUT2D eigenvalue weighted by Gasteiger charge is 2.51. The van der Waals surface area contributed by atoms with Crippen molar-refractivity contribution in [2.45, 2.75) is 109 Å². The Morgan fingerprint density at radius 3 is 1.96 bits per heavy atom. The lowest BCUT2D eigenvalue weighted by Crippen LogP contribution is -2.36. The topological polar surface area (TPSA) is 6.25 Å². The molecule has 2 fully saturated rings. The quantitative estimate of drug-likeness (QED) is 0.191. The molecule has 4 aromatic carbocycles. The van der Waals surface area contributed by atoms with Crippen LogP contribution in [0.15, 0.2) is 132 Å². The monoisotopic (exact) mass is 711 g/mol. The van der Waals surface area contributed by atoms with Crippen LogP contribution in [0.1, 0.15) is 109 Å². The molecule has 9 rings (SSSR count). The number of anilines is 1. The molecule has 276 valence electrons. The average Bonchev–Trinajstić information content (AvgIpc) is 3.55. The van der Waals surface area contributed by atoms with Gasteiger partial charge in [-0.3, -0.25) is 0 Å². The van der Waals surface area contributed by atoms with Crippen LogP contribution in [0.2, 0.25) is 0 Å². The molecule has 2 saturated carbocycles. The van der Waals surface area contributed by atoms with Crippen LogP contribution in [0, 0.1) is 11.3 Å². The zero-order valence-corrected chi connectivity index (χ0v) is 33.4. The summed E-state index contributed by atoms with van der Waals surface area (Å²) in [6.45, 7) is 7.29. The van der Waals surface area contributed by atoms with Crippen molar-refractivity contribution in [3.05, 3.63) is 143 Å². The van der Waals surface area contributed by atoms with Gasteiger partial charge in [-0.25, -0.2) is 0 Å². The summed E-state index contributed by atoms with van der Waals surface area (Å²) in [5, 5.41) is 5.61. The standard InChI is InChI=1S/C52H59N2/c1-50(2,3)41-35-37(18-16-24-46-51(30-12-6-13-31-51)48-42-22-10-8-20-39(42)26-28-44(48)53(46)4)34-38(36-41)19-17-25-47-52(32-14-7-15-33-52)49-43-23-11-9-21-40(43)27-29-45(49)54(47)5/h8-11,16-29,34,41H,6-7,12-15,30-33,35-36H2,1-5H3/q+1. The zero-order chi connectivity index (χ0) is 37.1. The van der Waals surface area contributed by atoms with Gasteiger partial charge in [0.1, 0.15) is 7.05 Å². The highest BCUT2D eigenvalue weighted by molar-refractivity contribution is 6.08. The predicted molar refractivity (Wildman–Crippen MR) is 231 cm³/mol. The second-order valence-corrected chi connectivity index (χ2v) is 18.4. The molecular weight excluding hydrogens is 653 g/mol. The van der Waals surface area contributed by atoms with Gasteiger partial charge >= 0.3 is 0 Å². The van der Waals surface area contributed by atoms with Crippen molar-refractivity contribution in [1.82, 2.24) is 0 Å². The summed E-state index contributed by atoms with van der Waals surface area (Å²) < 4.78 is 2.51. The number of benzene rings is 4. The first-order valence-corrected chi connectivity index (χ1v) is 21.1. The molecule has 3 aliphatic carbocycles. The van der Waals surface area contributed by atoms with Crippen LogP contribution in [0.4, 0.5) is 11.4 Å². The van der Waals surface area contributed by atoms with Gasteiger partial charge in [0.25, 0.3) is 0 Å². The third kappa shape index (κ3) is 5.78. The van der Waals surface area contributed by atoms with E-state index in [1.165, 1.54) is 120 Å². The second kappa shape index (κ2) is 13.7. The molecule has 0 saturated heterocycles. The van der Waals surface area contributed by atoms with Crippen LogP contribution in [0.25, 0.3) is 21.5 Å². The van der Waals surface area contributed by atoms with Crippen molar-refractivity contribution in [2.75, 3.05) is 19.0 Å². The largest absolute Gasteiger partial charge is 0.347 e. The van der Waals surface area contributed by atoms with Crippen molar-refractivity contribution < 1.29 is 4.58 Å². The fourth-order valence-electron chi connectivity index (χ4n) is 11.5. The maximum absolute atomic E-state index is 2.51. The van der Waals surface area contributed by atoms with Gasteiger partial charge in [-0.2, -0.15) is 4.58 Å². The molecule has 2 heterocycles. The molecular formula is C52H59N2+. The highest BCUT2D eigenvalue weighted by atomic mass is 15.2. The molecule has 4 aromatic rings. The molecule has 5 aliphatic rings. The van der Waals surface area contributed by atoms with Gasteiger partial charge < -0.3 is 4.90 Å². The fraction of sp³-hybridized carbons (Fsp3) is 0.404. The van der Waals surface area contributed by atoms with Gasteiger partial charge in [0.15, 0.2) is 5.71 Å². The lowest BCUT2D eigenvalue weighted by molar-refractivity contribution is -0.401. The Balaban J connectivity index is 1.05. The van der Waals surface area contributed by atoms with Crippen molar-refractivity contribution >= 4 is 38.6 Å². The first-order chi connectivity index (χ1) is 26.2. The molecule has 0 aromatic heterocycles. The van der Waals surface area contributed by atoms with Crippen LogP contribution in [-0.4, -0.2) is 24.4 Å². The fourth-order valence-corrected chi connectivity index (χ4v) is 11.5. The highest BCUT2D eigenvalue weighted by Crippen LogP contribution is 2.57. The van der Waals surface area contributed by atoms with E-state index in [2.05, 4.69) is 160 Å². The first-order valence-electron chi connectivity index (χ1n) is 21.1. The molecule has 2 nitrogen and oxygen atoms in total. The minimum Gasteiger partial charge on any atom is -0.347 e. The molecule has 0 radical (unpaired) electrons. The number of allylic oxidation sites excluding steroid dienone is 10.